The van der Waals surface area contributed by atoms with Crippen LogP contribution in [-0.2, 0) is 9.53 Å². The highest BCUT2D eigenvalue weighted by Crippen LogP contribution is 2.28. The molecule has 0 heterocycles. The first-order valence-corrected chi connectivity index (χ1v) is 7.42. The second-order valence-corrected chi connectivity index (χ2v) is 7.81. The maximum atomic E-state index is 11.6. The number of hydrogen-bond donors (Lipinski definition) is 3. The molecular weight excluding hydrogens is 282 g/mol. The largest absolute Gasteiger partial charge is 0.480 e. The van der Waals surface area contributed by atoms with Gasteiger partial charge in [0.1, 0.15) is 11.6 Å². The van der Waals surface area contributed by atoms with E-state index in [-0.39, 0.29) is 17.1 Å². The van der Waals surface area contributed by atoms with Gasteiger partial charge >= 0.3 is 12.1 Å². The van der Waals surface area contributed by atoms with Crippen LogP contribution in [0.4, 0.5) is 4.79 Å². The summed E-state index contributed by atoms with van der Waals surface area (Å²) in [6, 6.07) is -1.02. The summed E-state index contributed by atoms with van der Waals surface area (Å²) in [6.45, 7) is 9.00. The highest BCUT2D eigenvalue weighted by atomic mass is 32.2. The molecule has 0 aliphatic heterocycles. The molecular formula is C13H25NO5S. The molecule has 0 aromatic carbocycles. The second-order valence-electron chi connectivity index (χ2n) is 6.08. The van der Waals surface area contributed by atoms with Crippen molar-refractivity contribution in [2.24, 2.45) is 0 Å². The fraction of sp³-hybridized carbons (Fsp3) is 0.846. The molecule has 0 aliphatic rings. The van der Waals surface area contributed by atoms with Crippen LogP contribution in [0.2, 0.25) is 0 Å². The summed E-state index contributed by atoms with van der Waals surface area (Å²) in [5.74, 6) is -0.898. The number of carboxylic acids is 1. The Morgan fingerprint density at radius 1 is 1.25 bits per heavy atom. The van der Waals surface area contributed by atoms with Gasteiger partial charge in [-0.25, -0.2) is 9.59 Å². The van der Waals surface area contributed by atoms with Gasteiger partial charge in [-0.05, 0) is 27.2 Å². The highest BCUT2D eigenvalue weighted by Gasteiger charge is 2.27. The summed E-state index contributed by atoms with van der Waals surface area (Å²) < 4.78 is 4.78. The van der Waals surface area contributed by atoms with E-state index in [0.29, 0.717) is 6.42 Å². The molecule has 0 radical (unpaired) electrons. The van der Waals surface area contributed by atoms with Crippen molar-refractivity contribution in [3.8, 4) is 0 Å². The molecule has 0 unspecified atom stereocenters. The van der Waals surface area contributed by atoms with Crippen LogP contribution in [0, 0.1) is 0 Å². The van der Waals surface area contributed by atoms with Crippen LogP contribution in [0.3, 0.4) is 0 Å². The zero-order valence-electron chi connectivity index (χ0n) is 12.7. The van der Waals surface area contributed by atoms with Crippen LogP contribution in [0.1, 0.15) is 41.0 Å². The minimum absolute atomic E-state index is 0.0389. The fourth-order valence-electron chi connectivity index (χ4n) is 1.27. The third-order valence-corrected chi connectivity index (χ3v) is 3.83. The maximum Gasteiger partial charge on any atom is 0.408 e. The van der Waals surface area contributed by atoms with Crippen LogP contribution in [0.25, 0.3) is 0 Å². The molecule has 1 atom stereocenters. The quantitative estimate of drug-likeness (QED) is 0.664. The number of amides is 1. The third-order valence-electron chi connectivity index (χ3n) is 2.34. The number of aliphatic carboxylic acids is 1. The normalized spacial score (nSPS) is 13.7. The number of thioether (sulfide) groups is 1. The van der Waals surface area contributed by atoms with E-state index in [2.05, 4.69) is 5.32 Å². The Balaban J connectivity index is 4.45. The molecule has 0 saturated carbocycles. The molecule has 0 rings (SSSR count). The Morgan fingerprint density at radius 2 is 1.80 bits per heavy atom. The Labute approximate surface area is 124 Å². The van der Waals surface area contributed by atoms with Crippen molar-refractivity contribution in [1.82, 2.24) is 5.32 Å². The summed E-state index contributed by atoms with van der Waals surface area (Å²) in [5, 5.41) is 20.4. The van der Waals surface area contributed by atoms with Crippen molar-refractivity contribution < 1.29 is 24.5 Å². The fourth-order valence-corrected chi connectivity index (χ4v) is 2.35. The minimum Gasteiger partial charge on any atom is -0.480 e. The second kappa shape index (κ2) is 7.73. The summed E-state index contributed by atoms with van der Waals surface area (Å²) >= 11 is 1.39. The summed E-state index contributed by atoms with van der Waals surface area (Å²) in [6.07, 6.45) is -0.193. The van der Waals surface area contributed by atoms with E-state index in [1.165, 1.54) is 11.8 Å². The van der Waals surface area contributed by atoms with Gasteiger partial charge in [0.05, 0.1) is 0 Å². The number of carboxylic acid groups (broad SMARTS) is 1. The lowest BCUT2D eigenvalue weighted by Crippen LogP contribution is -2.45. The first kappa shape index (κ1) is 19.1. The Morgan fingerprint density at radius 3 is 2.20 bits per heavy atom. The molecule has 118 valence electrons. The van der Waals surface area contributed by atoms with Crippen LogP contribution < -0.4 is 5.32 Å². The first-order chi connectivity index (χ1) is 8.97. The molecule has 20 heavy (non-hydrogen) atoms. The Kier molecular flexibility index (Phi) is 7.37. The van der Waals surface area contributed by atoms with Crippen molar-refractivity contribution in [2.45, 2.75) is 57.4 Å². The minimum atomic E-state index is -1.11. The molecule has 0 aromatic rings. The van der Waals surface area contributed by atoms with Gasteiger partial charge in [-0.15, -0.1) is 0 Å². The number of aliphatic hydroxyl groups is 1. The number of carbonyl (C=O) groups is 2. The lowest BCUT2D eigenvalue weighted by atomic mass is 10.1. The molecule has 0 spiro atoms. The number of alkyl carbamates (subject to hydrolysis) is 1. The third kappa shape index (κ3) is 9.03. The van der Waals surface area contributed by atoms with Crippen LogP contribution >= 0.6 is 11.8 Å². The number of nitrogens with one attached hydrogen (secondary N) is 1. The number of ether oxygens (including phenoxy) is 1. The van der Waals surface area contributed by atoms with Crippen molar-refractivity contribution in [1.29, 1.82) is 0 Å². The van der Waals surface area contributed by atoms with E-state index in [0.717, 1.165) is 0 Å². The average molecular weight is 307 g/mol. The van der Waals surface area contributed by atoms with Gasteiger partial charge in [-0.3, -0.25) is 0 Å². The van der Waals surface area contributed by atoms with Crippen LogP contribution in [0.15, 0.2) is 0 Å². The monoisotopic (exact) mass is 307 g/mol. The molecule has 0 aliphatic carbocycles. The van der Waals surface area contributed by atoms with E-state index in [1.54, 1.807) is 20.8 Å². The molecule has 0 saturated heterocycles. The van der Waals surface area contributed by atoms with Gasteiger partial charge in [-0.1, -0.05) is 13.8 Å². The predicted octanol–water partition coefficient (Wildman–Crippen LogP) is 1.86. The van der Waals surface area contributed by atoms with Crippen LogP contribution in [0.5, 0.6) is 0 Å². The predicted molar refractivity (Wildman–Crippen MR) is 79.0 cm³/mol. The van der Waals surface area contributed by atoms with Gasteiger partial charge in [0.25, 0.3) is 0 Å². The van der Waals surface area contributed by atoms with Gasteiger partial charge in [-0.2, -0.15) is 11.8 Å². The van der Waals surface area contributed by atoms with Gasteiger partial charge in [0.2, 0.25) is 0 Å². The Bertz CT molecular complexity index is 338. The van der Waals surface area contributed by atoms with E-state index < -0.39 is 23.7 Å². The topological polar surface area (TPSA) is 95.9 Å². The zero-order chi connectivity index (χ0) is 16.0. The van der Waals surface area contributed by atoms with E-state index in [1.807, 2.05) is 13.8 Å². The van der Waals surface area contributed by atoms with Crippen molar-refractivity contribution in [2.75, 3.05) is 12.4 Å². The molecule has 3 N–H and O–H groups in total. The summed E-state index contributed by atoms with van der Waals surface area (Å²) in [7, 11) is 0. The lowest BCUT2D eigenvalue weighted by molar-refractivity contribution is -0.138. The van der Waals surface area contributed by atoms with Crippen molar-refractivity contribution >= 4 is 23.8 Å². The van der Waals surface area contributed by atoms with Crippen molar-refractivity contribution in [3.05, 3.63) is 0 Å². The van der Waals surface area contributed by atoms with E-state index in [4.69, 9.17) is 14.9 Å². The number of aliphatic hydroxyl groups excluding tert-OH is 1. The molecule has 0 fully saturated rings. The molecule has 7 heteroatoms. The number of hydrogen-bond acceptors (Lipinski definition) is 5. The first-order valence-electron chi connectivity index (χ1n) is 6.44. The van der Waals surface area contributed by atoms with E-state index in [9.17, 15) is 9.59 Å². The SMILES string of the molecule is CC(C)(C)OC(=O)N[C@@H](CSC(C)(C)CCO)C(=O)O. The lowest BCUT2D eigenvalue weighted by Gasteiger charge is -2.26. The summed E-state index contributed by atoms with van der Waals surface area (Å²) in [4.78, 5) is 22.7. The summed E-state index contributed by atoms with van der Waals surface area (Å²) in [5.41, 5.74) is -0.670. The van der Waals surface area contributed by atoms with Crippen molar-refractivity contribution in [3.63, 3.8) is 0 Å². The van der Waals surface area contributed by atoms with Gasteiger partial charge in [0, 0.05) is 17.1 Å². The highest BCUT2D eigenvalue weighted by molar-refractivity contribution is 8.00. The van der Waals surface area contributed by atoms with Gasteiger partial charge in [0.15, 0.2) is 0 Å². The molecule has 1 amide bonds. The van der Waals surface area contributed by atoms with E-state index >= 15 is 0 Å². The van der Waals surface area contributed by atoms with Gasteiger partial charge < -0.3 is 20.3 Å². The average Bonchev–Trinajstić information content (AvgIpc) is 2.21. The molecule has 0 aromatic heterocycles. The Hall–Kier alpha value is -0.950. The molecule has 0 bridgehead atoms. The number of carbonyl (C=O) groups excluding carboxylic acids is 1. The zero-order valence-corrected chi connectivity index (χ0v) is 13.5. The standard InChI is InChI=1S/C13H25NO5S/c1-12(2,3)19-11(18)14-9(10(16)17)8-20-13(4,5)6-7-15/h9,15H,6-8H2,1-5H3,(H,14,18)(H,16,17)/t9-/m0/s1. The number of rotatable bonds is 7. The smallest absolute Gasteiger partial charge is 0.408 e. The maximum absolute atomic E-state index is 11.6. The van der Waals surface area contributed by atoms with Crippen LogP contribution in [-0.4, -0.2) is 51.0 Å². The molecule has 6 nitrogen and oxygen atoms in total.